The second kappa shape index (κ2) is 8.39. The van der Waals surface area contributed by atoms with E-state index in [1.54, 1.807) is 16.8 Å². The molecule has 8 heteroatoms. The van der Waals surface area contributed by atoms with Crippen LogP contribution in [0.15, 0.2) is 60.6 Å². The first-order chi connectivity index (χ1) is 15.2. The van der Waals surface area contributed by atoms with Crippen LogP contribution in [0.1, 0.15) is 12.8 Å². The van der Waals surface area contributed by atoms with E-state index in [1.807, 2.05) is 36.4 Å². The largest absolute Gasteiger partial charge is 0.368 e. The number of nitrogens with one attached hydrogen (secondary N) is 3. The fourth-order valence-electron chi connectivity index (χ4n) is 3.98. The van der Waals surface area contributed by atoms with Crippen LogP contribution < -0.4 is 16.0 Å². The average Bonchev–Trinajstić information content (AvgIpc) is 3.21. The van der Waals surface area contributed by atoms with Crippen molar-refractivity contribution in [3.8, 4) is 11.3 Å². The Bertz CT molecular complexity index is 1140. The van der Waals surface area contributed by atoms with Crippen molar-refractivity contribution in [3.05, 3.63) is 66.4 Å². The van der Waals surface area contributed by atoms with Crippen molar-refractivity contribution in [2.24, 2.45) is 0 Å². The van der Waals surface area contributed by atoms with Crippen LogP contribution in [0.4, 0.5) is 15.9 Å². The summed E-state index contributed by atoms with van der Waals surface area (Å²) < 4.78 is 16.6. The Morgan fingerprint density at radius 3 is 2.81 bits per heavy atom. The fraction of sp³-hybridized carbons (Fsp3) is 0.304. The van der Waals surface area contributed by atoms with Gasteiger partial charge in [0.05, 0.1) is 17.6 Å². The second-order valence-electron chi connectivity index (χ2n) is 8.06. The van der Waals surface area contributed by atoms with Gasteiger partial charge >= 0.3 is 0 Å². The third-order valence-electron chi connectivity index (χ3n) is 5.78. The third kappa shape index (κ3) is 4.25. The van der Waals surface area contributed by atoms with Gasteiger partial charge in [0.25, 0.3) is 0 Å². The van der Waals surface area contributed by atoms with Gasteiger partial charge < -0.3 is 20.9 Å². The summed E-state index contributed by atoms with van der Waals surface area (Å²) in [4.78, 5) is 6.78. The minimum Gasteiger partial charge on any atom is -0.368 e. The Balaban J connectivity index is 1.38. The molecule has 3 N–H and O–H groups in total. The second-order valence-corrected chi connectivity index (χ2v) is 8.06. The zero-order valence-corrected chi connectivity index (χ0v) is 17.5. The van der Waals surface area contributed by atoms with E-state index in [1.165, 1.54) is 6.07 Å². The van der Waals surface area contributed by atoms with Crippen LogP contribution in [-0.4, -0.2) is 52.2 Å². The molecule has 4 heterocycles. The molecule has 0 atom stereocenters. The van der Waals surface area contributed by atoms with Crippen molar-refractivity contribution in [2.75, 3.05) is 37.3 Å². The number of anilines is 2. The summed E-state index contributed by atoms with van der Waals surface area (Å²) in [6.07, 6.45) is 9.73. The Morgan fingerprint density at radius 2 is 2.03 bits per heavy atom. The van der Waals surface area contributed by atoms with Gasteiger partial charge in [0.15, 0.2) is 5.65 Å². The molecule has 31 heavy (non-hydrogen) atoms. The van der Waals surface area contributed by atoms with E-state index in [-0.39, 0.29) is 5.82 Å². The standard InChI is InChI=1S/C23H26FN7/c1-30-12-9-17(10-13-30)27-22-7-8-23-26-15-20(31(23)29-22)16-5-6-19(18(24)14-16)28-21-4-2-3-11-25-21/h2-8,14-15,17,25,28H,9-13H2,1H3,(H,27,29). The van der Waals surface area contributed by atoms with Gasteiger partial charge in [-0.15, -0.1) is 5.10 Å². The summed E-state index contributed by atoms with van der Waals surface area (Å²) >= 11 is 0. The molecular weight excluding hydrogens is 393 g/mol. The Kier molecular flexibility index (Phi) is 5.30. The van der Waals surface area contributed by atoms with E-state index in [9.17, 15) is 4.39 Å². The van der Waals surface area contributed by atoms with Crippen molar-refractivity contribution >= 4 is 17.2 Å². The van der Waals surface area contributed by atoms with E-state index < -0.39 is 0 Å². The molecule has 0 spiro atoms. The van der Waals surface area contributed by atoms with E-state index in [4.69, 9.17) is 5.10 Å². The Hall–Kier alpha value is -3.39. The Morgan fingerprint density at radius 1 is 1.16 bits per heavy atom. The summed E-state index contributed by atoms with van der Waals surface area (Å²) in [7, 11) is 2.15. The molecule has 2 aliphatic rings. The Labute approximate surface area is 180 Å². The molecule has 1 saturated heterocycles. The lowest BCUT2D eigenvalue weighted by atomic mass is 10.1. The third-order valence-corrected chi connectivity index (χ3v) is 5.78. The quantitative estimate of drug-likeness (QED) is 0.589. The lowest BCUT2D eigenvalue weighted by Crippen LogP contribution is -2.36. The molecule has 0 aliphatic carbocycles. The first-order valence-corrected chi connectivity index (χ1v) is 10.6. The van der Waals surface area contributed by atoms with Gasteiger partial charge in [0, 0.05) is 18.2 Å². The van der Waals surface area contributed by atoms with Gasteiger partial charge in [-0.2, -0.15) is 0 Å². The van der Waals surface area contributed by atoms with Crippen molar-refractivity contribution in [1.82, 2.24) is 24.8 Å². The smallest absolute Gasteiger partial charge is 0.154 e. The predicted molar refractivity (Wildman–Crippen MR) is 121 cm³/mol. The molecule has 2 aliphatic heterocycles. The average molecular weight is 420 g/mol. The number of hydrogen-bond acceptors (Lipinski definition) is 6. The first kappa shape index (κ1) is 19.6. The zero-order valence-electron chi connectivity index (χ0n) is 17.5. The van der Waals surface area contributed by atoms with Gasteiger partial charge in [-0.1, -0.05) is 18.2 Å². The maximum Gasteiger partial charge on any atom is 0.154 e. The monoisotopic (exact) mass is 419 g/mol. The van der Waals surface area contributed by atoms with E-state index in [2.05, 4.69) is 32.9 Å². The minimum atomic E-state index is -0.328. The molecule has 5 rings (SSSR count). The number of nitrogens with zero attached hydrogens (tertiary/aromatic N) is 4. The number of fused-ring (bicyclic) bond motifs is 1. The van der Waals surface area contributed by atoms with Gasteiger partial charge in [-0.3, -0.25) is 0 Å². The van der Waals surface area contributed by atoms with Gasteiger partial charge in [0.1, 0.15) is 17.5 Å². The molecule has 3 aromatic rings. The van der Waals surface area contributed by atoms with Crippen molar-refractivity contribution < 1.29 is 4.39 Å². The highest BCUT2D eigenvalue weighted by Crippen LogP contribution is 2.26. The van der Waals surface area contributed by atoms with Crippen LogP contribution in [0.25, 0.3) is 16.9 Å². The summed E-state index contributed by atoms with van der Waals surface area (Å²) in [5, 5.41) is 14.5. The summed E-state index contributed by atoms with van der Waals surface area (Å²) in [6.45, 7) is 2.89. The molecular formula is C23H26FN7. The fourth-order valence-corrected chi connectivity index (χ4v) is 3.98. The topological polar surface area (TPSA) is 69.5 Å². The number of aromatic nitrogens is 3. The van der Waals surface area contributed by atoms with Crippen LogP contribution >= 0.6 is 0 Å². The van der Waals surface area contributed by atoms with Gasteiger partial charge in [-0.05, 0) is 63.3 Å². The van der Waals surface area contributed by atoms with E-state index >= 15 is 0 Å². The number of hydrogen-bond donors (Lipinski definition) is 3. The molecule has 2 aromatic heterocycles. The molecule has 0 amide bonds. The first-order valence-electron chi connectivity index (χ1n) is 10.6. The highest BCUT2D eigenvalue weighted by atomic mass is 19.1. The maximum absolute atomic E-state index is 14.8. The number of rotatable bonds is 5. The number of benzene rings is 1. The maximum atomic E-state index is 14.8. The molecule has 1 aromatic carbocycles. The van der Waals surface area contributed by atoms with Crippen LogP contribution in [0.5, 0.6) is 0 Å². The molecule has 160 valence electrons. The predicted octanol–water partition coefficient (Wildman–Crippen LogP) is 3.45. The number of imidazole rings is 1. The van der Waals surface area contributed by atoms with E-state index in [0.29, 0.717) is 11.7 Å². The lowest BCUT2D eigenvalue weighted by molar-refractivity contribution is 0.263. The molecule has 1 fully saturated rings. The minimum absolute atomic E-state index is 0.328. The number of halogens is 1. The van der Waals surface area contributed by atoms with Gasteiger partial charge in [0.2, 0.25) is 0 Å². The highest BCUT2D eigenvalue weighted by molar-refractivity contribution is 5.67. The van der Waals surface area contributed by atoms with Crippen LogP contribution in [0.2, 0.25) is 0 Å². The summed E-state index contributed by atoms with van der Waals surface area (Å²) in [6, 6.07) is 9.45. The van der Waals surface area contributed by atoms with Crippen LogP contribution in [0, 0.1) is 5.82 Å². The highest BCUT2D eigenvalue weighted by Gasteiger charge is 2.17. The number of allylic oxidation sites excluding steroid dienone is 2. The van der Waals surface area contributed by atoms with Crippen LogP contribution in [0.3, 0.4) is 0 Å². The zero-order chi connectivity index (χ0) is 21.2. The van der Waals surface area contributed by atoms with Crippen molar-refractivity contribution in [2.45, 2.75) is 18.9 Å². The molecule has 0 bridgehead atoms. The normalized spacial score (nSPS) is 17.4. The van der Waals surface area contributed by atoms with E-state index in [0.717, 1.165) is 61.0 Å². The number of likely N-dealkylation sites (tertiary alicyclic amines) is 1. The molecule has 0 unspecified atom stereocenters. The molecule has 7 nitrogen and oxygen atoms in total. The number of dihydropyridines is 1. The SMILES string of the molecule is CN1CCC(Nc2ccc3ncc(-c4ccc(NC5=CC=CCN5)c(F)c4)n3n2)CC1. The van der Waals surface area contributed by atoms with Crippen molar-refractivity contribution in [1.29, 1.82) is 0 Å². The van der Waals surface area contributed by atoms with Crippen LogP contribution in [-0.2, 0) is 0 Å². The lowest BCUT2D eigenvalue weighted by Gasteiger charge is -2.29. The summed E-state index contributed by atoms with van der Waals surface area (Å²) in [5.74, 6) is 1.25. The van der Waals surface area contributed by atoms with Gasteiger partial charge in [-0.25, -0.2) is 13.9 Å². The summed E-state index contributed by atoms with van der Waals surface area (Å²) in [5.41, 5.74) is 2.63. The molecule has 0 radical (unpaired) electrons. The van der Waals surface area contributed by atoms with Crippen molar-refractivity contribution in [3.63, 3.8) is 0 Å². The number of piperidine rings is 1. The molecule has 0 saturated carbocycles.